The van der Waals surface area contributed by atoms with E-state index < -0.39 is 12.1 Å². The molecule has 7 nitrogen and oxygen atoms in total. The summed E-state index contributed by atoms with van der Waals surface area (Å²) in [5.41, 5.74) is 3.72. The predicted octanol–water partition coefficient (Wildman–Crippen LogP) is 4.34. The number of ether oxygens (including phenoxy) is 1. The first-order valence-electron chi connectivity index (χ1n) is 10.1. The number of carbonyl (C=O) groups excluding carboxylic acids is 2. The molecule has 0 saturated carbocycles. The monoisotopic (exact) mass is 437 g/mol. The number of aryl methyl sites for hydroxylation is 3. The summed E-state index contributed by atoms with van der Waals surface area (Å²) in [7, 11) is 0. The van der Waals surface area contributed by atoms with Gasteiger partial charge in [0.15, 0.2) is 11.9 Å². The van der Waals surface area contributed by atoms with Gasteiger partial charge in [-0.15, -0.1) is 11.8 Å². The molecule has 160 valence electrons. The smallest absolute Gasteiger partial charge is 0.340 e. The fraction of sp³-hybridized carbons (Fsp3) is 0.304. The normalized spacial score (nSPS) is 13.5. The van der Waals surface area contributed by atoms with Crippen LogP contribution in [0.25, 0.3) is 0 Å². The number of thioether (sulfide) groups is 1. The maximum atomic E-state index is 12.7. The summed E-state index contributed by atoms with van der Waals surface area (Å²) < 4.78 is 10.6. The standard InChI is InChI=1S/C23H23N3O4S/c1-14(22(27)25-18-11-10-16-6-5-7-17(16)12-18)29-23(28)19-8-3-4-9-20(19)31-13-21-24-15(2)26-30-21/h3-4,8-12,14H,5-7,13H2,1-2H3,(H,25,27). The molecule has 0 radical (unpaired) electrons. The van der Waals surface area contributed by atoms with Crippen LogP contribution < -0.4 is 5.32 Å². The highest BCUT2D eigenvalue weighted by molar-refractivity contribution is 7.98. The Morgan fingerprint density at radius 2 is 2.00 bits per heavy atom. The minimum atomic E-state index is -0.933. The van der Waals surface area contributed by atoms with Crippen molar-refractivity contribution in [3.05, 3.63) is 70.9 Å². The van der Waals surface area contributed by atoms with Crippen LogP contribution in [0.3, 0.4) is 0 Å². The van der Waals surface area contributed by atoms with Crippen LogP contribution in [0.4, 0.5) is 5.69 Å². The largest absolute Gasteiger partial charge is 0.449 e. The highest BCUT2D eigenvalue weighted by atomic mass is 32.2. The number of fused-ring (bicyclic) bond motifs is 1. The van der Waals surface area contributed by atoms with Crippen molar-refractivity contribution < 1.29 is 18.8 Å². The van der Waals surface area contributed by atoms with Gasteiger partial charge in [0.1, 0.15) is 0 Å². The van der Waals surface area contributed by atoms with Crippen LogP contribution in [0, 0.1) is 6.92 Å². The molecule has 0 fully saturated rings. The summed E-state index contributed by atoms with van der Waals surface area (Å²) in [6.07, 6.45) is 2.32. The SMILES string of the molecule is Cc1noc(CSc2ccccc2C(=O)OC(C)C(=O)Nc2ccc3c(c2)CCC3)n1. The first-order chi connectivity index (χ1) is 15.0. The van der Waals surface area contributed by atoms with Gasteiger partial charge in [-0.3, -0.25) is 4.79 Å². The lowest BCUT2D eigenvalue weighted by Crippen LogP contribution is -2.30. The Hall–Kier alpha value is -3.13. The molecular weight excluding hydrogens is 414 g/mol. The minimum absolute atomic E-state index is 0.363. The predicted molar refractivity (Wildman–Crippen MR) is 117 cm³/mol. The van der Waals surface area contributed by atoms with Crippen molar-refractivity contribution in [3.63, 3.8) is 0 Å². The molecule has 3 aromatic rings. The topological polar surface area (TPSA) is 94.3 Å². The molecule has 1 unspecified atom stereocenters. The maximum absolute atomic E-state index is 12.7. The number of anilines is 1. The second-order valence-corrected chi connectivity index (χ2v) is 8.41. The van der Waals surface area contributed by atoms with Crippen molar-refractivity contribution in [2.24, 2.45) is 0 Å². The molecule has 1 N–H and O–H groups in total. The zero-order valence-electron chi connectivity index (χ0n) is 17.4. The molecule has 1 aromatic heterocycles. The average Bonchev–Trinajstić information content (AvgIpc) is 3.40. The molecule has 4 rings (SSSR count). The quantitative estimate of drug-likeness (QED) is 0.434. The summed E-state index contributed by atoms with van der Waals surface area (Å²) >= 11 is 1.39. The third-order valence-electron chi connectivity index (χ3n) is 5.05. The highest BCUT2D eigenvalue weighted by Crippen LogP contribution is 2.27. The van der Waals surface area contributed by atoms with Crippen LogP contribution in [0.5, 0.6) is 0 Å². The van der Waals surface area contributed by atoms with Gasteiger partial charge in [0.25, 0.3) is 5.91 Å². The summed E-state index contributed by atoms with van der Waals surface area (Å²) in [5.74, 6) is 0.554. The summed E-state index contributed by atoms with van der Waals surface area (Å²) in [4.78, 5) is 30.2. The maximum Gasteiger partial charge on any atom is 0.340 e. The van der Waals surface area contributed by atoms with Crippen LogP contribution in [0.2, 0.25) is 0 Å². The number of rotatable bonds is 7. The Labute approximate surface area is 184 Å². The lowest BCUT2D eigenvalue weighted by molar-refractivity contribution is -0.123. The van der Waals surface area contributed by atoms with Crippen LogP contribution in [0.15, 0.2) is 51.9 Å². The van der Waals surface area contributed by atoms with E-state index in [1.54, 1.807) is 26.0 Å². The first-order valence-corrected chi connectivity index (χ1v) is 11.1. The number of hydrogen-bond acceptors (Lipinski definition) is 7. The van der Waals surface area contributed by atoms with Gasteiger partial charge < -0.3 is 14.6 Å². The second kappa shape index (κ2) is 9.34. The van der Waals surface area contributed by atoms with Gasteiger partial charge in [-0.05, 0) is 68.5 Å². The van der Waals surface area contributed by atoms with Crippen molar-refractivity contribution in [1.29, 1.82) is 0 Å². The molecule has 0 saturated heterocycles. The fourth-order valence-electron chi connectivity index (χ4n) is 3.47. The average molecular weight is 438 g/mol. The van der Waals surface area contributed by atoms with Crippen molar-refractivity contribution in [3.8, 4) is 0 Å². The van der Waals surface area contributed by atoms with Gasteiger partial charge in [-0.2, -0.15) is 4.98 Å². The number of hydrogen-bond donors (Lipinski definition) is 1. The summed E-state index contributed by atoms with van der Waals surface area (Å²) in [6.45, 7) is 3.32. The van der Waals surface area contributed by atoms with Gasteiger partial charge >= 0.3 is 5.97 Å². The van der Waals surface area contributed by atoms with E-state index in [-0.39, 0.29) is 5.91 Å². The molecule has 31 heavy (non-hydrogen) atoms. The molecule has 1 atom stereocenters. The van der Waals surface area contributed by atoms with Gasteiger partial charge in [0.05, 0.1) is 11.3 Å². The van der Waals surface area contributed by atoms with Gasteiger partial charge in [-0.25, -0.2) is 4.79 Å². The van der Waals surface area contributed by atoms with E-state index in [0.29, 0.717) is 23.0 Å². The van der Waals surface area contributed by atoms with Gasteiger partial charge in [-0.1, -0.05) is 23.4 Å². The Morgan fingerprint density at radius 3 is 2.81 bits per heavy atom. The van der Waals surface area contributed by atoms with Crippen LogP contribution >= 0.6 is 11.8 Å². The van der Waals surface area contributed by atoms with Crippen molar-refractivity contribution >= 4 is 29.3 Å². The van der Waals surface area contributed by atoms with Crippen LogP contribution in [0.1, 0.15) is 46.5 Å². The van der Waals surface area contributed by atoms with Gasteiger partial charge in [0, 0.05) is 10.6 Å². The van der Waals surface area contributed by atoms with E-state index in [0.717, 1.165) is 29.8 Å². The highest BCUT2D eigenvalue weighted by Gasteiger charge is 2.22. The van der Waals surface area contributed by atoms with Crippen LogP contribution in [-0.4, -0.2) is 28.1 Å². The van der Waals surface area contributed by atoms with Crippen molar-refractivity contribution in [1.82, 2.24) is 10.1 Å². The lowest BCUT2D eigenvalue weighted by atomic mass is 10.1. The Bertz CT molecular complexity index is 1110. The second-order valence-electron chi connectivity index (χ2n) is 7.39. The fourth-order valence-corrected chi connectivity index (χ4v) is 4.35. The van der Waals surface area contributed by atoms with E-state index in [4.69, 9.17) is 9.26 Å². The number of carbonyl (C=O) groups is 2. The van der Waals surface area contributed by atoms with E-state index >= 15 is 0 Å². The molecule has 0 bridgehead atoms. The Kier molecular flexibility index (Phi) is 6.36. The van der Waals surface area contributed by atoms with E-state index in [1.165, 1.54) is 22.9 Å². The molecule has 1 aliphatic carbocycles. The minimum Gasteiger partial charge on any atom is -0.449 e. The Morgan fingerprint density at radius 1 is 1.19 bits per heavy atom. The molecular formula is C23H23N3O4S. The number of esters is 1. The third kappa shape index (κ3) is 5.14. The molecule has 0 aliphatic heterocycles. The molecule has 8 heteroatoms. The molecule has 2 aromatic carbocycles. The van der Waals surface area contributed by atoms with E-state index in [2.05, 4.69) is 15.5 Å². The zero-order valence-corrected chi connectivity index (χ0v) is 18.2. The molecule has 1 aliphatic rings. The van der Waals surface area contributed by atoms with E-state index in [1.807, 2.05) is 30.3 Å². The van der Waals surface area contributed by atoms with Gasteiger partial charge in [0.2, 0.25) is 5.89 Å². The lowest BCUT2D eigenvalue weighted by Gasteiger charge is -2.15. The first kappa shape index (κ1) is 21.1. The van der Waals surface area contributed by atoms with E-state index in [9.17, 15) is 9.59 Å². The van der Waals surface area contributed by atoms with Crippen molar-refractivity contribution in [2.45, 2.75) is 49.9 Å². The molecule has 0 spiro atoms. The summed E-state index contributed by atoms with van der Waals surface area (Å²) in [6, 6.07) is 13.0. The molecule has 1 heterocycles. The molecule has 1 amide bonds. The van der Waals surface area contributed by atoms with Crippen molar-refractivity contribution in [2.75, 3.05) is 5.32 Å². The zero-order chi connectivity index (χ0) is 21.8. The van der Waals surface area contributed by atoms with Crippen LogP contribution in [-0.2, 0) is 28.1 Å². The third-order valence-corrected chi connectivity index (χ3v) is 6.11. The number of aromatic nitrogens is 2. The summed E-state index contributed by atoms with van der Waals surface area (Å²) in [5, 5.41) is 6.61. The number of nitrogens with one attached hydrogen (secondary N) is 1. The number of nitrogens with zero attached hydrogens (tertiary/aromatic N) is 2. The Balaban J connectivity index is 1.37. The number of benzene rings is 2. The number of amides is 1.